The fourth-order valence-corrected chi connectivity index (χ4v) is 4.27. The molecule has 150 valence electrons. The Morgan fingerprint density at radius 2 is 1.71 bits per heavy atom. The van der Waals surface area contributed by atoms with Gasteiger partial charge < -0.3 is 9.64 Å². The number of rotatable bonds is 6. The van der Waals surface area contributed by atoms with E-state index in [2.05, 4.69) is 4.72 Å². The molecule has 1 heterocycles. The molecule has 0 aliphatic carbocycles. The van der Waals surface area contributed by atoms with Gasteiger partial charge in [0.25, 0.3) is 0 Å². The van der Waals surface area contributed by atoms with Crippen LogP contribution in [-0.4, -0.2) is 39.0 Å². The van der Waals surface area contributed by atoms with E-state index in [1.54, 1.807) is 29.2 Å². The summed E-state index contributed by atoms with van der Waals surface area (Å²) in [4.78, 5) is 14.2. The van der Waals surface area contributed by atoms with E-state index in [-0.39, 0.29) is 23.5 Å². The van der Waals surface area contributed by atoms with E-state index in [1.165, 1.54) is 0 Å². The topological polar surface area (TPSA) is 75.7 Å². The molecule has 0 aromatic heterocycles. The van der Waals surface area contributed by atoms with Crippen LogP contribution < -0.4 is 4.72 Å². The molecule has 0 bridgehead atoms. The SMILES string of the molecule is Cc1ccc(S(=O)(=O)NCC2CCN(C(=O)OCc3ccccc3)CC2)cc1. The van der Waals surface area contributed by atoms with Crippen molar-refractivity contribution in [3.8, 4) is 0 Å². The van der Waals surface area contributed by atoms with Crippen molar-refractivity contribution in [1.82, 2.24) is 9.62 Å². The average molecular weight is 403 g/mol. The van der Waals surface area contributed by atoms with Gasteiger partial charge in [-0.15, -0.1) is 0 Å². The van der Waals surface area contributed by atoms with Crippen LogP contribution in [0, 0.1) is 12.8 Å². The molecule has 1 amide bonds. The maximum Gasteiger partial charge on any atom is 0.410 e. The van der Waals surface area contributed by atoms with Gasteiger partial charge >= 0.3 is 6.09 Å². The number of nitrogens with one attached hydrogen (secondary N) is 1. The number of benzene rings is 2. The lowest BCUT2D eigenvalue weighted by atomic mass is 9.97. The van der Waals surface area contributed by atoms with Crippen molar-refractivity contribution in [1.29, 1.82) is 0 Å². The Bertz CT molecular complexity index is 874. The van der Waals surface area contributed by atoms with Crippen LogP contribution in [-0.2, 0) is 21.4 Å². The van der Waals surface area contributed by atoms with Gasteiger partial charge in [-0.3, -0.25) is 0 Å². The average Bonchev–Trinajstić information content (AvgIpc) is 2.72. The Morgan fingerprint density at radius 3 is 2.36 bits per heavy atom. The highest BCUT2D eigenvalue weighted by Crippen LogP contribution is 2.19. The van der Waals surface area contributed by atoms with Gasteiger partial charge in [0, 0.05) is 19.6 Å². The van der Waals surface area contributed by atoms with Gasteiger partial charge in [0.1, 0.15) is 6.61 Å². The van der Waals surface area contributed by atoms with E-state index in [0.717, 1.165) is 24.0 Å². The summed E-state index contributed by atoms with van der Waals surface area (Å²) in [7, 11) is -3.50. The van der Waals surface area contributed by atoms with E-state index in [1.807, 2.05) is 37.3 Å². The maximum absolute atomic E-state index is 12.4. The molecule has 1 aliphatic heterocycles. The van der Waals surface area contributed by atoms with Crippen LogP contribution >= 0.6 is 0 Å². The predicted octanol–water partition coefficient (Wildman–Crippen LogP) is 3.32. The third-order valence-electron chi connectivity index (χ3n) is 4.97. The number of piperidine rings is 1. The highest BCUT2D eigenvalue weighted by Gasteiger charge is 2.25. The van der Waals surface area contributed by atoms with Crippen molar-refractivity contribution in [2.24, 2.45) is 5.92 Å². The molecule has 2 aromatic rings. The zero-order chi connectivity index (χ0) is 20.0. The number of amides is 1. The number of carbonyl (C=O) groups excluding carboxylic acids is 1. The van der Waals surface area contributed by atoms with Crippen LogP contribution in [0.25, 0.3) is 0 Å². The lowest BCUT2D eigenvalue weighted by molar-refractivity contribution is 0.0826. The van der Waals surface area contributed by atoms with E-state index in [4.69, 9.17) is 4.74 Å². The molecule has 28 heavy (non-hydrogen) atoms. The number of likely N-dealkylation sites (tertiary alicyclic amines) is 1. The number of aryl methyl sites for hydroxylation is 1. The first-order valence-corrected chi connectivity index (χ1v) is 10.9. The molecule has 1 fully saturated rings. The Hall–Kier alpha value is -2.38. The quantitative estimate of drug-likeness (QED) is 0.804. The summed E-state index contributed by atoms with van der Waals surface area (Å²) in [6.07, 6.45) is 1.18. The molecule has 0 radical (unpaired) electrons. The summed E-state index contributed by atoms with van der Waals surface area (Å²) in [6.45, 7) is 3.70. The zero-order valence-corrected chi connectivity index (χ0v) is 16.8. The number of carbonyl (C=O) groups is 1. The normalized spacial score (nSPS) is 15.4. The molecule has 2 aromatic carbocycles. The molecule has 7 heteroatoms. The van der Waals surface area contributed by atoms with Crippen LogP contribution in [0.2, 0.25) is 0 Å². The van der Waals surface area contributed by atoms with Crippen molar-refractivity contribution in [3.05, 3.63) is 65.7 Å². The van der Waals surface area contributed by atoms with Crippen LogP contribution in [0.1, 0.15) is 24.0 Å². The second-order valence-electron chi connectivity index (χ2n) is 7.14. The second-order valence-corrected chi connectivity index (χ2v) is 8.90. The first-order valence-electron chi connectivity index (χ1n) is 9.46. The maximum atomic E-state index is 12.4. The summed E-state index contributed by atoms with van der Waals surface area (Å²) < 4.78 is 32.8. The second kappa shape index (κ2) is 9.21. The Labute approximate surface area is 166 Å². The summed E-state index contributed by atoms with van der Waals surface area (Å²) in [5, 5.41) is 0. The summed E-state index contributed by atoms with van der Waals surface area (Å²) in [6, 6.07) is 16.4. The molecular weight excluding hydrogens is 376 g/mol. The first-order chi connectivity index (χ1) is 13.4. The van der Waals surface area contributed by atoms with E-state index < -0.39 is 10.0 Å². The number of ether oxygens (including phenoxy) is 1. The number of sulfonamides is 1. The van der Waals surface area contributed by atoms with Gasteiger partial charge in [0.05, 0.1) is 4.90 Å². The summed E-state index contributed by atoms with van der Waals surface area (Å²) >= 11 is 0. The molecule has 0 spiro atoms. The van der Waals surface area contributed by atoms with Crippen molar-refractivity contribution in [3.63, 3.8) is 0 Å². The van der Waals surface area contributed by atoms with Gasteiger partial charge in [-0.05, 0) is 43.4 Å². The van der Waals surface area contributed by atoms with Crippen molar-refractivity contribution >= 4 is 16.1 Å². The standard InChI is InChI=1S/C21H26N2O4S/c1-17-7-9-20(10-8-17)28(25,26)22-15-18-11-13-23(14-12-18)21(24)27-16-19-5-3-2-4-6-19/h2-10,18,22H,11-16H2,1H3. The fourth-order valence-electron chi connectivity index (χ4n) is 3.16. The molecule has 0 unspecified atom stereocenters. The predicted molar refractivity (Wildman–Crippen MR) is 107 cm³/mol. The highest BCUT2D eigenvalue weighted by atomic mass is 32.2. The minimum absolute atomic E-state index is 0.207. The Morgan fingerprint density at radius 1 is 1.07 bits per heavy atom. The molecule has 1 saturated heterocycles. The Kier molecular flexibility index (Phi) is 6.70. The van der Waals surface area contributed by atoms with Gasteiger partial charge in [-0.2, -0.15) is 0 Å². The number of nitrogens with zero attached hydrogens (tertiary/aromatic N) is 1. The van der Waals surface area contributed by atoms with Crippen LogP contribution in [0.3, 0.4) is 0 Å². The molecule has 0 atom stereocenters. The minimum Gasteiger partial charge on any atom is -0.445 e. The van der Waals surface area contributed by atoms with E-state index in [9.17, 15) is 13.2 Å². The smallest absolute Gasteiger partial charge is 0.410 e. The van der Waals surface area contributed by atoms with Gasteiger partial charge in [0.15, 0.2) is 0 Å². The lowest BCUT2D eigenvalue weighted by Crippen LogP contribution is -2.41. The van der Waals surface area contributed by atoms with Gasteiger partial charge in [0.2, 0.25) is 10.0 Å². The molecular formula is C21H26N2O4S. The molecule has 6 nitrogen and oxygen atoms in total. The summed E-state index contributed by atoms with van der Waals surface area (Å²) in [5.74, 6) is 0.207. The van der Waals surface area contributed by atoms with Crippen LogP contribution in [0.4, 0.5) is 4.79 Å². The van der Waals surface area contributed by atoms with Crippen molar-refractivity contribution in [2.75, 3.05) is 19.6 Å². The molecule has 1 aliphatic rings. The third kappa shape index (κ3) is 5.56. The van der Waals surface area contributed by atoms with Gasteiger partial charge in [-0.1, -0.05) is 48.0 Å². The number of hydrogen-bond acceptors (Lipinski definition) is 4. The largest absolute Gasteiger partial charge is 0.445 e. The Balaban J connectivity index is 1.42. The lowest BCUT2D eigenvalue weighted by Gasteiger charge is -2.31. The molecule has 0 saturated carbocycles. The van der Waals surface area contributed by atoms with Crippen molar-refractivity contribution in [2.45, 2.75) is 31.3 Å². The molecule has 1 N–H and O–H groups in total. The van der Waals surface area contributed by atoms with Gasteiger partial charge in [-0.25, -0.2) is 17.9 Å². The third-order valence-corrected chi connectivity index (χ3v) is 6.41. The highest BCUT2D eigenvalue weighted by molar-refractivity contribution is 7.89. The monoisotopic (exact) mass is 402 g/mol. The minimum atomic E-state index is -3.50. The molecule has 3 rings (SSSR count). The summed E-state index contributed by atoms with van der Waals surface area (Å²) in [5.41, 5.74) is 1.97. The van der Waals surface area contributed by atoms with E-state index in [0.29, 0.717) is 19.6 Å². The zero-order valence-electron chi connectivity index (χ0n) is 16.0. The fraction of sp³-hybridized carbons (Fsp3) is 0.381. The van der Waals surface area contributed by atoms with Crippen molar-refractivity contribution < 1.29 is 17.9 Å². The van der Waals surface area contributed by atoms with E-state index >= 15 is 0 Å². The number of hydrogen-bond donors (Lipinski definition) is 1. The van der Waals surface area contributed by atoms with Crippen LogP contribution in [0.15, 0.2) is 59.5 Å². The van der Waals surface area contributed by atoms with Crippen LogP contribution in [0.5, 0.6) is 0 Å². The first kappa shape index (κ1) is 20.4.